The minimum absolute atomic E-state index is 0.0237. The molecule has 5 heteroatoms. The largest absolute Gasteiger partial charge is 0.374 e. The van der Waals surface area contributed by atoms with Gasteiger partial charge in [-0.05, 0) is 42.2 Å². The van der Waals surface area contributed by atoms with Crippen molar-refractivity contribution >= 4 is 17.3 Å². The molecule has 0 atom stereocenters. The van der Waals surface area contributed by atoms with Crippen molar-refractivity contribution in [1.29, 1.82) is 0 Å². The molecule has 1 aliphatic rings. The highest BCUT2D eigenvalue weighted by molar-refractivity contribution is 6.33. The molecular weight excluding hydrogens is 318 g/mol. The zero-order valence-corrected chi connectivity index (χ0v) is 14.4. The Morgan fingerprint density at radius 1 is 1.22 bits per heavy atom. The van der Waals surface area contributed by atoms with Gasteiger partial charge in [-0.1, -0.05) is 25.4 Å². The second kappa shape index (κ2) is 7.73. The molecule has 0 aliphatic carbocycles. The van der Waals surface area contributed by atoms with Crippen LogP contribution in [0, 0.1) is 0 Å². The first-order valence-electron chi connectivity index (χ1n) is 7.84. The molecule has 2 aromatic rings. The fraction of sp³-hybridized carbons (Fsp3) is 0.389. The van der Waals surface area contributed by atoms with Crippen LogP contribution in [0.5, 0.6) is 0 Å². The van der Waals surface area contributed by atoms with Crippen LogP contribution in [0.2, 0.25) is 5.02 Å². The third-order valence-corrected chi connectivity index (χ3v) is 4.20. The van der Waals surface area contributed by atoms with Gasteiger partial charge < -0.3 is 4.90 Å². The second-order valence-corrected chi connectivity index (χ2v) is 5.66. The average molecular weight is 339 g/mol. The van der Waals surface area contributed by atoms with Gasteiger partial charge in [-0.25, -0.2) is 8.78 Å². The smallest absolute Gasteiger partial charge is 0.264 e. The molecular formula is C18H21ClF2N2. The normalized spacial score (nSPS) is 13.4. The van der Waals surface area contributed by atoms with Crippen LogP contribution in [-0.2, 0) is 6.42 Å². The third kappa shape index (κ3) is 3.63. The zero-order chi connectivity index (χ0) is 17.0. The number of aromatic nitrogens is 1. The van der Waals surface area contributed by atoms with E-state index < -0.39 is 6.43 Å². The Morgan fingerprint density at radius 2 is 1.96 bits per heavy atom. The quantitative estimate of drug-likeness (QED) is 0.693. The van der Waals surface area contributed by atoms with Gasteiger partial charge in [0.15, 0.2) is 0 Å². The molecule has 0 N–H and O–H groups in total. The number of aryl methyl sites for hydroxylation is 1. The van der Waals surface area contributed by atoms with Gasteiger partial charge in [0.2, 0.25) is 0 Å². The molecule has 0 amide bonds. The van der Waals surface area contributed by atoms with Crippen molar-refractivity contribution < 1.29 is 8.78 Å². The molecule has 1 aromatic carbocycles. The maximum atomic E-state index is 13.5. The summed E-state index contributed by atoms with van der Waals surface area (Å²) in [5.74, 6) is 0. The van der Waals surface area contributed by atoms with Gasteiger partial charge in [-0.3, -0.25) is 4.98 Å². The first-order valence-corrected chi connectivity index (χ1v) is 8.21. The minimum atomic E-state index is -2.54. The predicted octanol–water partition coefficient (Wildman–Crippen LogP) is 5.75. The lowest BCUT2D eigenvalue weighted by molar-refractivity contribution is 0.152. The average Bonchev–Trinajstić information content (AvgIpc) is 2.56. The Bertz CT molecular complexity index is 674. The van der Waals surface area contributed by atoms with E-state index >= 15 is 0 Å². The topological polar surface area (TPSA) is 16.1 Å². The fourth-order valence-corrected chi connectivity index (χ4v) is 3.06. The molecule has 3 rings (SSSR count). The lowest BCUT2D eigenvalue weighted by Crippen LogP contribution is -2.25. The van der Waals surface area contributed by atoms with E-state index in [0.29, 0.717) is 16.1 Å². The summed E-state index contributed by atoms with van der Waals surface area (Å²) in [5.41, 5.74) is 3.13. The number of fused-ring (bicyclic) bond motifs is 1. The van der Waals surface area contributed by atoms with Crippen LogP contribution in [0.4, 0.5) is 14.5 Å². The molecule has 0 saturated heterocycles. The Morgan fingerprint density at radius 3 is 2.61 bits per heavy atom. The van der Waals surface area contributed by atoms with E-state index in [4.69, 9.17) is 11.6 Å². The van der Waals surface area contributed by atoms with E-state index in [0.717, 1.165) is 30.6 Å². The van der Waals surface area contributed by atoms with Crippen molar-refractivity contribution in [2.45, 2.75) is 33.1 Å². The summed E-state index contributed by atoms with van der Waals surface area (Å²) in [6, 6.07) is 5.14. The molecule has 2 heterocycles. The number of benzene rings is 1. The Labute approximate surface area is 141 Å². The van der Waals surface area contributed by atoms with Gasteiger partial charge in [0.25, 0.3) is 6.43 Å². The zero-order valence-electron chi connectivity index (χ0n) is 13.6. The summed E-state index contributed by atoms with van der Waals surface area (Å²) in [5, 5.41) is 0.392. The maximum Gasteiger partial charge on any atom is 0.264 e. The van der Waals surface area contributed by atoms with E-state index in [1.54, 1.807) is 18.3 Å². The standard InChI is InChI=1S/C16H15ClF2N2.C2H6/c1-21-6-2-3-10-7-12(11-4-5-20-9-14(11)17)13(16(18)19)8-15(10)21;1-2/h4-5,7-9,16H,2-3,6H2,1H3;1-2H3. The summed E-state index contributed by atoms with van der Waals surface area (Å²) in [6.07, 6.45) is 2.45. The molecule has 124 valence electrons. The van der Waals surface area contributed by atoms with E-state index in [1.807, 2.05) is 31.9 Å². The molecule has 1 aliphatic heterocycles. The second-order valence-electron chi connectivity index (χ2n) is 5.25. The Kier molecular flexibility index (Phi) is 5.94. The van der Waals surface area contributed by atoms with Gasteiger partial charge >= 0.3 is 0 Å². The predicted molar refractivity (Wildman–Crippen MR) is 92.6 cm³/mol. The highest BCUT2D eigenvalue weighted by Crippen LogP contribution is 2.40. The van der Waals surface area contributed by atoms with Crippen molar-refractivity contribution in [3.63, 3.8) is 0 Å². The van der Waals surface area contributed by atoms with Crippen LogP contribution >= 0.6 is 11.6 Å². The van der Waals surface area contributed by atoms with Crippen molar-refractivity contribution in [3.05, 3.63) is 46.7 Å². The van der Waals surface area contributed by atoms with Crippen molar-refractivity contribution in [1.82, 2.24) is 4.98 Å². The summed E-state index contributed by atoms with van der Waals surface area (Å²) in [7, 11) is 1.94. The highest BCUT2D eigenvalue weighted by atomic mass is 35.5. The van der Waals surface area contributed by atoms with Crippen molar-refractivity contribution in [3.8, 4) is 11.1 Å². The summed E-state index contributed by atoms with van der Waals surface area (Å²) < 4.78 is 26.9. The number of halogens is 3. The van der Waals surface area contributed by atoms with Crippen LogP contribution in [0.1, 0.15) is 37.8 Å². The number of rotatable bonds is 2. The van der Waals surface area contributed by atoms with E-state index in [2.05, 4.69) is 4.98 Å². The maximum absolute atomic E-state index is 13.5. The SMILES string of the molecule is CC.CN1CCCc2cc(-c3ccncc3Cl)c(C(F)F)cc21. The van der Waals surface area contributed by atoms with E-state index in [-0.39, 0.29) is 5.56 Å². The number of anilines is 1. The van der Waals surface area contributed by atoms with Gasteiger partial charge in [0, 0.05) is 42.8 Å². The van der Waals surface area contributed by atoms with Crippen LogP contribution in [0.3, 0.4) is 0 Å². The molecule has 2 nitrogen and oxygen atoms in total. The molecule has 1 aromatic heterocycles. The number of alkyl halides is 2. The van der Waals surface area contributed by atoms with Crippen LogP contribution in [0.25, 0.3) is 11.1 Å². The van der Waals surface area contributed by atoms with E-state index in [9.17, 15) is 8.78 Å². The Balaban J connectivity index is 0.000000924. The summed E-state index contributed by atoms with van der Waals surface area (Å²) in [6.45, 7) is 4.89. The number of pyridine rings is 1. The van der Waals surface area contributed by atoms with Gasteiger partial charge in [-0.2, -0.15) is 0 Å². The van der Waals surface area contributed by atoms with Crippen molar-refractivity contribution in [2.24, 2.45) is 0 Å². The highest BCUT2D eigenvalue weighted by Gasteiger charge is 2.22. The van der Waals surface area contributed by atoms with Crippen LogP contribution in [0.15, 0.2) is 30.6 Å². The summed E-state index contributed by atoms with van der Waals surface area (Å²) >= 11 is 6.13. The summed E-state index contributed by atoms with van der Waals surface area (Å²) in [4.78, 5) is 5.95. The fourth-order valence-electron chi connectivity index (χ4n) is 2.84. The van der Waals surface area contributed by atoms with E-state index in [1.165, 1.54) is 6.20 Å². The van der Waals surface area contributed by atoms with Crippen LogP contribution in [-0.4, -0.2) is 18.6 Å². The van der Waals surface area contributed by atoms with Gasteiger partial charge in [0.1, 0.15) is 0 Å². The molecule has 0 fully saturated rings. The molecule has 0 unspecified atom stereocenters. The molecule has 0 saturated carbocycles. The number of hydrogen-bond acceptors (Lipinski definition) is 2. The lowest BCUT2D eigenvalue weighted by atomic mass is 9.92. The first kappa shape index (κ1) is 17.7. The lowest BCUT2D eigenvalue weighted by Gasteiger charge is -2.29. The molecule has 23 heavy (non-hydrogen) atoms. The Hall–Kier alpha value is -1.68. The van der Waals surface area contributed by atoms with Crippen molar-refractivity contribution in [2.75, 3.05) is 18.5 Å². The third-order valence-electron chi connectivity index (χ3n) is 3.90. The molecule has 0 bridgehead atoms. The molecule has 0 spiro atoms. The van der Waals surface area contributed by atoms with Gasteiger partial charge in [-0.15, -0.1) is 0 Å². The molecule has 0 radical (unpaired) electrons. The van der Waals surface area contributed by atoms with Crippen LogP contribution < -0.4 is 4.90 Å². The monoisotopic (exact) mass is 338 g/mol. The van der Waals surface area contributed by atoms with Gasteiger partial charge in [0.05, 0.1) is 5.02 Å². The first-order chi connectivity index (χ1) is 11.1. The number of nitrogens with zero attached hydrogens (tertiary/aromatic N) is 2. The number of hydrogen-bond donors (Lipinski definition) is 0. The minimum Gasteiger partial charge on any atom is -0.374 e.